The molecular weight excluding hydrogens is 246 g/mol. The molecule has 0 spiro atoms. The molecule has 1 aromatic heterocycles. The third-order valence-corrected chi connectivity index (χ3v) is 3.21. The van der Waals surface area contributed by atoms with Crippen molar-refractivity contribution in [2.24, 2.45) is 7.05 Å². The lowest BCUT2D eigenvalue weighted by Gasteiger charge is -2.20. The van der Waals surface area contributed by atoms with Gasteiger partial charge < -0.3 is 9.64 Å². The number of carbonyl (C=O) groups is 1. The van der Waals surface area contributed by atoms with E-state index in [1.807, 2.05) is 18.1 Å². The molecule has 7 heteroatoms. The van der Waals surface area contributed by atoms with Gasteiger partial charge in [-0.3, -0.25) is 14.4 Å². The molecular formula is C12H21N5O2. The van der Waals surface area contributed by atoms with Crippen LogP contribution in [0.15, 0.2) is 6.20 Å². The number of amides is 1. The minimum Gasteiger partial charge on any atom is -0.383 e. The number of rotatable bonds is 5. The Morgan fingerprint density at radius 1 is 1.42 bits per heavy atom. The maximum Gasteiger partial charge on any atom is 0.236 e. The molecule has 0 aliphatic carbocycles. The first-order chi connectivity index (χ1) is 9.19. The Morgan fingerprint density at radius 3 is 2.95 bits per heavy atom. The molecule has 2 heterocycles. The van der Waals surface area contributed by atoms with Gasteiger partial charge in [-0.25, -0.2) is 0 Å². The van der Waals surface area contributed by atoms with Gasteiger partial charge in [0.05, 0.1) is 18.8 Å². The van der Waals surface area contributed by atoms with Crippen LogP contribution in [0.5, 0.6) is 0 Å². The second kappa shape index (κ2) is 6.63. The number of carbonyl (C=O) groups excluding carboxylic acids is 1. The molecule has 1 aliphatic rings. The lowest BCUT2D eigenvalue weighted by molar-refractivity contribution is -0.131. The van der Waals surface area contributed by atoms with Gasteiger partial charge in [-0.1, -0.05) is 5.21 Å². The quantitative estimate of drug-likeness (QED) is 0.719. The number of aryl methyl sites for hydroxylation is 1. The number of nitrogens with zero attached hydrogens (tertiary/aromatic N) is 5. The Bertz CT molecular complexity index is 420. The molecule has 0 bridgehead atoms. The Morgan fingerprint density at radius 2 is 2.26 bits per heavy atom. The molecule has 7 nitrogen and oxygen atoms in total. The van der Waals surface area contributed by atoms with Crippen LogP contribution in [0.25, 0.3) is 0 Å². The van der Waals surface area contributed by atoms with Crippen LogP contribution in [-0.4, -0.2) is 70.6 Å². The van der Waals surface area contributed by atoms with E-state index in [0.29, 0.717) is 26.2 Å². The van der Waals surface area contributed by atoms with Crippen molar-refractivity contribution in [2.75, 3.05) is 39.9 Å². The standard InChI is InChI=1S/C12H21N5O2/c1-15-8-11(13-14-15)9-16-4-3-5-17(6-7-19-2)12(18)10-16/h8H,3-7,9-10H2,1-2H3. The van der Waals surface area contributed by atoms with E-state index >= 15 is 0 Å². The fourth-order valence-corrected chi connectivity index (χ4v) is 2.25. The number of ether oxygens (including phenoxy) is 1. The molecule has 1 aromatic rings. The summed E-state index contributed by atoms with van der Waals surface area (Å²) in [6.45, 7) is 4.10. The lowest BCUT2D eigenvalue weighted by Crippen LogP contribution is -2.38. The van der Waals surface area contributed by atoms with Crippen LogP contribution in [-0.2, 0) is 23.1 Å². The topological polar surface area (TPSA) is 63.5 Å². The molecule has 0 radical (unpaired) electrons. The largest absolute Gasteiger partial charge is 0.383 e. The zero-order valence-corrected chi connectivity index (χ0v) is 11.6. The summed E-state index contributed by atoms with van der Waals surface area (Å²) < 4.78 is 6.71. The summed E-state index contributed by atoms with van der Waals surface area (Å²) in [7, 11) is 3.50. The molecule has 106 valence electrons. The lowest BCUT2D eigenvalue weighted by atomic mass is 10.3. The molecule has 0 unspecified atom stereocenters. The monoisotopic (exact) mass is 267 g/mol. The summed E-state index contributed by atoms with van der Waals surface area (Å²) in [5.41, 5.74) is 0.903. The zero-order valence-electron chi connectivity index (χ0n) is 11.6. The molecule has 19 heavy (non-hydrogen) atoms. The highest BCUT2D eigenvalue weighted by Crippen LogP contribution is 2.07. The average Bonchev–Trinajstić information content (AvgIpc) is 2.69. The number of aromatic nitrogens is 3. The molecule has 1 aliphatic heterocycles. The average molecular weight is 267 g/mol. The van der Waals surface area contributed by atoms with Crippen molar-refractivity contribution in [1.82, 2.24) is 24.8 Å². The summed E-state index contributed by atoms with van der Waals surface area (Å²) in [5.74, 6) is 0.165. The minimum absolute atomic E-state index is 0.165. The normalized spacial score (nSPS) is 17.8. The Kier molecular flexibility index (Phi) is 4.86. The molecule has 1 fully saturated rings. The molecule has 0 aromatic carbocycles. The molecule has 0 atom stereocenters. The van der Waals surface area contributed by atoms with Gasteiger partial charge >= 0.3 is 0 Å². The van der Waals surface area contributed by atoms with Crippen molar-refractivity contribution < 1.29 is 9.53 Å². The van der Waals surface area contributed by atoms with E-state index in [1.54, 1.807) is 11.8 Å². The molecule has 0 saturated carbocycles. The summed E-state index contributed by atoms with van der Waals surface area (Å²) in [5, 5.41) is 7.97. The van der Waals surface area contributed by atoms with Gasteiger partial charge in [0.2, 0.25) is 5.91 Å². The van der Waals surface area contributed by atoms with Gasteiger partial charge in [-0.05, 0) is 6.42 Å². The van der Waals surface area contributed by atoms with Crippen LogP contribution < -0.4 is 0 Å². The van der Waals surface area contributed by atoms with Crippen molar-refractivity contribution in [2.45, 2.75) is 13.0 Å². The SMILES string of the molecule is COCCN1CCCN(Cc2cn(C)nn2)CC1=O. The minimum atomic E-state index is 0.165. The molecule has 1 saturated heterocycles. The van der Waals surface area contributed by atoms with Gasteiger partial charge in [0.15, 0.2) is 0 Å². The number of hydrogen-bond acceptors (Lipinski definition) is 5. The van der Waals surface area contributed by atoms with Crippen LogP contribution in [0, 0.1) is 0 Å². The van der Waals surface area contributed by atoms with Gasteiger partial charge in [-0.15, -0.1) is 5.10 Å². The predicted octanol–water partition coefficient (Wildman–Crippen LogP) is -0.504. The molecule has 2 rings (SSSR count). The van der Waals surface area contributed by atoms with Crippen molar-refractivity contribution in [3.63, 3.8) is 0 Å². The van der Waals surface area contributed by atoms with Crippen LogP contribution in [0.3, 0.4) is 0 Å². The Hall–Kier alpha value is -1.47. The van der Waals surface area contributed by atoms with E-state index < -0.39 is 0 Å². The van der Waals surface area contributed by atoms with Crippen LogP contribution in [0.2, 0.25) is 0 Å². The Balaban J connectivity index is 1.89. The first-order valence-electron chi connectivity index (χ1n) is 6.53. The predicted molar refractivity (Wildman–Crippen MR) is 69.4 cm³/mol. The summed E-state index contributed by atoms with van der Waals surface area (Å²) in [6, 6.07) is 0. The van der Waals surface area contributed by atoms with Crippen LogP contribution >= 0.6 is 0 Å². The zero-order chi connectivity index (χ0) is 13.7. The third kappa shape index (κ3) is 4.00. The highest BCUT2D eigenvalue weighted by molar-refractivity contribution is 5.78. The third-order valence-electron chi connectivity index (χ3n) is 3.21. The highest BCUT2D eigenvalue weighted by Gasteiger charge is 2.21. The second-order valence-corrected chi connectivity index (χ2v) is 4.82. The first kappa shape index (κ1) is 14.0. The number of methoxy groups -OCH3 is 1. The first-order valence-corrected chi connectivity index (χ1v) is 6.53. The Labute approximate surface area is 113 Å². The van der Waals surface area contributed by atoms with Gasteiger partial charge in [0.25, 0.3) is 0 Å². The maximum absolute atomic E-state index is 12.1. The second-order valence-electron chi connectivity index (χ2n) is 4.82. The summed E-state index contributed by atoms with van der Waals surface area (Å²) in [4.78, 5) is 16.1. The van der Waals surface area contributed by atoms with Crippen LogP contribution in [0.1, 0.15) is 12.1 Å². The van der Waals surface area contributed by atoms with Gasteiger partial charge in [-0.2, -0.15) is 0 Å². The van der Waals surface area contributed by atoms with Crippen LogP contribution in [0.4, 0.5) is 0 Å². The summed E-state index contributed by atoms with van der Waals surface area (Å²) >= 11 is 0. The smallest absolute Gasteiger partial charge is 0.236 e. The van der Waals surface area contributed by atoms with Gasteiger partial charge in [0.1, 0.15) is 0 Å². The van der Waals surface area contributed by atoms with E-state index in [2.05, 4.69) is 15.2 Å². The molecule has 0 N–H and O–H groups in total. The van der Waals surface area contributed by atoms with E-state index in [-0.39, 0.29) is 5.91 Å². The van der Waals surface area contributed by atoms with Crippen molar-refractivity contribution in [3.8, 4) is 0 Å². The van der Waals surface area contributed by atoms with E-state index in [4.69, 9.17) is 4.74 Å². The van der Waals surface area contributed by atoms with Gasteiger partial charge in [0, 0.05) is 46.5 Å². The molecule has 1 amide bonds. The number of hydrogen-bond donors (Lipinski definition) is 0. The van der Waals surface area contributed by atoms with E-state index in [1.165, 1.54) is 0 Å². The highest BCUT2D eigenvalue weighted by atomic mass is 16.5. The fourth-order valence-electron chi connectivity index (χ4n) is 2.25. The van der Waals surface area contributed by atoms with E-state index in [9.17, 15) is 4.79 Å². The maximum atomic E-state index is 12.1. The fraction of sp³-hybridized carbons (Fsp3) is 0.750. The summed E-state index contributed by atoms with van der Waals surface area (Å²) in [6.07, 6.45) is 2.87. The van der Waals surface area contributed by atoms with E-state index in [0.717, 1.165) is 25.2 Å². The van der Waals surface area contributed by atoms with Crippen molar-refractivity contribution in [3.05, 3.63) is 11.9 Å². The van der Waals surface area contributed by atoms with Crippen molar-refractivity contribution >= 4 is 5.91 Å². The van der Waals surface area contributed by atoms with Crippen molar-refractivity contribution in [1.29, 1.82) is 0 Å².